The van der Waals surface area contributed by atoms with E-state index in [0.717, 1.165) is 0 Å². The van der Waals surface area contributed by atoms with E-state index in [1.807, 2.05) is 0 Å². The fraction of sp³-hybridized carbons (Fsp3) is 0.929. The Morgan fingerprint density at radius 2 is 2.04 bits per heavy atom. The summed E-state index contributed by atoms with van der Waals surface area (Å²) in [5.41, 5.74) is -1.90. The molecule has 1 unspecified atom stereocenters. The summed E-state index contributed by atoms with van der Waals surface area (Å²) in [6.45, 7) is 6.24. The number of nitro groups is 1. The van der Waals surface area contributed by atoms with Crippen LogP contribution in [0.3, 0.4) is 0 Å². The zero-order valence-electron chi connectivity index (χ0n) is 13.9. The topological polar surface area (TPSA) is 116 Å². The first-order chi connectivity index (χ1) is 11.2. The van der Waals surface area contributed by atoms with Crippen LogP contribution in [0.25, 0.3) is 0 Å². The van der Waals surface area contributed by atoms with Crippen molar-refractivity contribution in [3.05, 3.63) is 10.1 Å². The SMILES string of the molecule is CCOC(C)O[C@]1(C[N+](=O)[O-])C(=O)O[C@@H]2[C@H]3OC(C)(C)O[C@H]3O[C@@H]21. The molecular weight excluding hydrogens is 326 g/mol. The molecule has 3 rings (SSSR count). The molecule has 3 fully saturated rings. The van der Waals surface area contributed by atoms with E-state index in [1.54, 1.807) is 27.7 Å². The van der Waals surface area contributed by atoms with Gasteiger partial charge in [-0.15, -0.1) is 0 Å². The van der Waals surface area contributed by atoms with Crippen LogP contribution in [0.4, 0.5) is 0 Å². The molecule has 0 spiro atoms. The predicted octanol–water partition coefficient (Wildman–Crippen LogP) is 0.203. The fourth-order valence-electron chi connectivity index (χ4n) is 3.39. The van der Waals surface area contributed by atoms with Crippen LogP contribution in [-0.2, 0) is 33.2 Å². The highest BCUT2D eigenvalue weighted by Gasteiger charge is 2.72. The maximum absolute atomic E-state index is 12.5. The van der Waals surface area contributed by atoms with Crippen molar-refractivity contribution in [3.8, 4) is 0 Å². The summed E-state index contributed by atoms with van der Waals surface area (Å²) in [6.07, 6.45) is -4.13. The second-order valence-electron chi connectivity index (χ2n) is 6.42. The Morgan fingerprint density at radius 3 is 2.67 bits per heavy atom. The summed E-state index contributed by atoms with van der Waals surface area (Å²) >= 11 is 0. The molecule has 24 heavy (non-hydrogen) atoms. The molecule has 0 bridgehead atoms. The molecule has 0 aromatic heterocycles. The summed E-state index contributed by atoms with van der Waals surface area (Å²) in [4.78, 5) is 23.0. The molecule has 10 nitrogen and oxygen atoms in total. The molecule has 3 aliphatic rings. The second-order valence-corrected chi connectivity index (χ2v) is 6.42. The lowest BCUT2D eigenvalue weighted by molar-refractivity contribution is -0.505. The van der Waals surface area contributed by atoms with Crippen LogP contribution >= 0.6 is 0 Å². The fourth-order valence-corrected chi connectivity index (χ4v) is 3.39. The highest BCUT2D eigenvalue weighted by atomic mass is 16.9. The Kier molecular flexibility index (Phi) is 4.29. The molecule has 0 N–H and O–H groups in total. The molecule has 0 radical (unpaired) electrons. The molecule has 0 saturated carbocycles. The number of ether oxygens (including phenoxy) is 6. The smallest absolute Gasteiger partial charge is 0.348 e. The van der Waals surface area contributed by atoms with Crippen molar-refractivity contribution in [2.24, 2.45) is 0 Å². The van der Waals surface area contributed by atoms with Gasteiger partial charge in [0.25, 0.3) is 5.60 Å². The first-order valence-electron chi connectivity index (χ1n) is 7.82. The number of carbonyl (C=O) groups is 1. The average molecular weight is 347 g/mol. The highest BCUT2D eigenvalue weighted by Crippen LogP contribution is 2.47. The number of carbonyl (C=O) groups excluding carboxylic acids is 1. The van der Waals surface area contributed by atoms with E-state index in [0.29, 0.717) is 6.61 Å². The quantitative estimate of drug-likeness (QED) is 0.287. The first-order valence-corrected chi connectivity index (χ1v) is 7.82. The Morgan fingerprint density at radius 1 is 1.33 bits per heavy atom. The number of rotatable bonds is 6. The summed E-state index contributed by atoms with van der Waals surface area (Å²) in [6, 6.07) is 0. The Balaban J connectivity index is 1.87. The maximum Gasteiger partial charge on any atom is 0.348 e. The van der Waals surface area contributed by atoms with Crippen LogP contribution in [0.5, 0.6) is 0 Å². The molecule has 3 heterocycles. The molecule has 3 aliphatic heterocycles. The molecule has 136 valence electrons. The third kappa shape index (κ3) is 2.78. The molecule has 0 aromatic rings. The minimum atomic E-state index is -1.90. The van der Waals surface area contributed by atoms with Crippen LogP contribution in [0.1, 0.15) is 27.7 Å². The van der Waals surface area contributed by atoms with Crippen molar-refractivity contribution < 1.29 is 38.1 Å². The van der Waals surface area contributed by atoms with Gasteiger partial charge < -0.3 is 28.4 Å². The van der Waals surface area contributed by atoms with Crippen molar-refractivity contribution in [2.45, 2.75) is 70.0 Å². The van der Waals surface area contributed by atoms with E-state index in [1.165, 1.54) is 0 Å². The van der Waals surface area contributed by atoms with Gasteiger partial charge in [-0.3, -0.25) is 10.1 Å². The number of esters is 1. The van der Waals surface area contributed by atoms with Gasteiger partial charge in [0.2, 0.25) is 6.54 Å². The van der Waals surface area contributed by atoms with Crippen LogP contribution in [0.15, 0.2) is 0 Å². The van der Waals surface area contributed by atoms with Gasteiger partial charge in [0.15, 0.2) is 30.6 Å². The average Bonchev–Trinajstić information content (AvgIpc) is 2.98. The lowest BCUT2D eigenvalue weighted by Gasteiger charge is -2.30. The van der Waals surface area contributed by atoms with Crippen LogP contribution in [-0.4, -0.2) is 66.3 Å². The van der Waals surface area contributed by atoms with Gasteiger partial charge in [-0.25, -0.2) is 4.79 Å². The molecule has 10 heteroatoms. The van der Waals surface area contributed by atoms with Crippen molar-refractivity contribution >= 4 is 5.97 Å². The van der Waals surface area contributed by atoms with Crippen LogP contribution < -0.4 is 0 Å². The third-order valence-electron chi connectivity index (χ3n) is 4.18. The highest BCUT2D eigenvalue weighted by molar-refractivity contribution is 5.84. The zero-order valence-corrected chi connectivity index (χ0v) is 13.9. The van der Waals surface area contributed by atoms with Gasteiger partial charge >= 0.3 is 5.97 Å². The van der Waals surface area contributed by atoms with Gasteiger partial charge in [0.1, 0.15) is 6.10 Å². The van der Waals surface area contributed by atoms with Crippen LogP contribution in [0, 0.1) is 10.1 Å². The minimum absolute atomic E-state index is 0.325. The number of fused-ring (bicyclic) bond motifs is 3. The Hall–Kier alpha value is -1.33. The van der Waals surface area contributed by atoms with Gasteiger partial charge in [-0.05, 0) is 27.7 Å². The molecular formula is C14H21NO9. The monoisotopic (exact) mass is 347 g/mol. The van der Waals surface area contributed by atoms with Crippen molar-refractivity contribution in [1.29, 1.82) is 0 Å². The number of hydrogen-bond acceptors (Lipinski definition) is 9. The lowest BCUT2D eigenvalue weighted by atomic mass is 9.95. The van der Waals surface area contributed by atoms with E-state index in [-0.39, 0.29) is 0 Å². The van der Waals surface area contributed by atoms with Gasteiger partial charge in [0, 0.05) is 11.5 Å². The molecule has 6 atom stereocenters. The third-order valence-corrected chi connectivity index (χ3v) is 4.18. The molecule has 3 saturated heterocycles. The van der Waals surface area contributed by atoms with E-state index in [4.69, 9.17) is 28.4 Å². The summed E-state index contributed by atoms with van der Waals surface area (Å²) in [5.74, 6) is -1.74. The number of nitrogens with zero attached hydrogens (tertiary/aromatic N) is 1. The van der Waals surface area contributed by atoms with Gasteiger partial charge in [0.05, 0.1) is 0 Å². The van der Waals surface area contributed by atoms with E-state index < -0.39 is 59.7 Å². The zero-order chi connectivity index (χ0) is 17.7. The summed E-state index contributed by atoms with van der Waals surface area (Å²) in [5, 5.41) is 11.1. The van der Waals surface area contributed by atoms with Crippen molar-refractivity contribution in [3.63, 3.8) is 0 Å². The largest absolute Gasteiger partial charge is 0.454 e. The molecule has 0 amide bonds. The van der Waals surface area contributed by atoms with E-state index in [9.17, 15) is 14.9 Å². The minimum Gasteiger partial charge on any atom is -0.454 e. The summed E-state index contributed by atoms with van der Waals surface area (Å²) < 4.78 is 33.3. The standard InChI is InChI=1S/C14H21NO9/c1-5-19-7(2)22-14(6-15(17)18)10-8(20-12(14)16)9-11(21-10)24-13(3,4)23-9/h7-11H,5-6H2,1-4H3/t7?,8-,9-,10+,11-,14+/m1/s1. The van der Waals surface area contributed by atoms with E-state index in [2.05, 4.69) is 0 Å². The lowest BCUT2D eigenvalue weighted by Crippen LogP contribution is -2.56. The molecule has 0 aromatic carbocycles. The normalized spacial score (nSPS) is 40.9. The summed E-state index contributed by atoms with van der Waals surface area (Å²) in [7, 11) is 0. The van der Waals surface area contributed by atoms with Crippen molar-refractivity contribution in [2.75, 3.05) is 13.2 Å². The first kappa shape index (κ1) is 17.5. The van der Waals surface area contributed by atoms with Gasteiger partial charge in [-0.1, -0.05) is 0 Å². The predicted molar refractivity (Wildman–Crippen MR) is 75.3 cm³/mol. The van der Waals surface area contributed by atoms with E-state index >= 15 is 0 Å². The van der Waals surface area contributed by atoms with Crippen molar-refractivity contribution in [1.82, 2.24) is 0 Å². The maximum atomic E-state index is 12.5. The molecule has 0 aliphatic carbocycles. The van der Waals surface area contributed by atoms with Crippen LogP contribution in [0.2, 0.25) is 0 Å². The number of hydrogen-bond donors (Lipinski definition) is 0. The Labute approximate surface area is 138 Å². The van der Waals surface area contributed by atoms with Gasteiger partial charge in [-0.2, -0.15) is 0 Å². The Bertz CT molecular complexity index is 538. The second kappa shape index (κ2) is 5.88.